The lowest BCUT2D eigenvalue weighted by atomic mass is 10.2. The lowest BCUT2D eigenvalue weighted by Crippen LogP contribution is -2.43. The van der Waals surface area contributed by atoms with E-state index < -0.39 is 21.5 Å². The first-order chi connectivity index (χ1) is 13.8. The van der Waals surface area contributed by atoms with Crippen molar-refractivity contribution < 1.29 is 22.0 Å². The first-order valence-corrected chi connectivity index (χ1v) is 10.9. The van der Waals surface area contributed by atoms with Gasteiger partial charge in [-0.2, -0.15) is 0 Å². The average Bonchev–Trinajstić information content (AvgIpc) is 2.70. The minimum atomic E-state index is -4.17. The lowest BCUT2D eigenvalue weighted by Gasteiger charge is -2.30. The molecule has 0 saturated carbocycles. The number of piperazine rings is 1. The molecule has 1 fully saturated rings. The molecule has 0 radical (unpaired) electrons. The van der Waals surface area contributed by atoms with Crippen molar-refractivity contribution in [2.24, 2.45) is 0 Å². The first kappa shape index (κ1) is 21.2. The number of sulfone groups is 1. The Labute approximate surface area is 168 Å². The second kappa shape index (κ2) is 8.87. The van der Waals surface area contributed by atoms with E-state index in [2.05, 4.69) is 15.5 Å². The summed E-state index contributed by atoms with van der Waals surface area (Å²) in [7, 11) is -4.17. The van der Waals surface area contributed by atoms with Crippen LogP contribution in [0.4, 0.5) is 20.2 Å². The molecule has 0 spiro atoms. The molecule has 1 aliphatic heterocycles. The first-order valence-electron chi connectivity index (χ1n) is 9.42. The summed E-state index contributed by atoms with van der Waals surface area (Å²) in [5.74, 6) is -2.69. The smallest absolute Gasteiger partial charge is 0.224 e. The number of benzene rings is 2. The highest BCUT2D eigenvalue weighted by Crippen LogP contribution is 2.32. The van der Waals surface area contributed by atoms with Crippen LogP contribution in [0.3, 0.4) is 0 Å². The third kappa shape index (κ3) is 4.73. The molecule has 0 aromatic heterocycles. The van der Waals surface area contributed by atoms with E-state index in [4.69, 9.17) is 0 Å². The third-order valence-electron chi connectivity index (χ3n) is 4.69. The normalized spacial score (nSPS) is 14.7. The van der Waals surface area contributed by atoms with E-state index in [9.17, 15) is 22.0 Å². The number of nitrogens with zero attached hydrogens (tertiary/aromatic N) is 1. The lowest BCUT2D eigenvalue weighted by molar-refractivity contribution is -0.116. The van der Waals surface area contributed by atoms with Crippen LogP contribution in [0.25, 0.3) is 0 Å². The molecule has 0 bridgehead atoms. The van der Waals surface area contributed by atoms with Gasteiger partial charge in [-0.1, -0.05) is 6.92 Å². The minimum Gasteiger partial charge on any atom is -0.369 e. The summed E-state index contributed by atoms with van der Waals surface area (Å²) in [6.07, 6.45) is 0.844. The Kier molecular flexibility index (Phi) is 6.49. The van der Waals surface area contributed by atoms with Gasteiger partial charge in [0.15, 0.2) is 11.6 Å². The van der Waals surface area contributed by atoms with Crippen LogP contribution < -0.4 is 15.5 Å². The molecular weight excluding hydrogens is 400 g/mol. The monoisotopic (exact) mass is 423 g/mol. The summed E-state index contributed by atoms with van der Waals surface area (Å²) in [5.41, 5.74) is 0.909. The minimum absolute atomic E-state index is 0.129. The van der Waals surface area contributed by atoms with Gasteiger partial charge in [-0.25, -0.2) is 17.2 Å². The molecular formula is C20H23F2N3O3S. The maximum absolute atomic E-state index is 13.6. The SMILES string of the molecule is CCCC(=O)Nc1cc(N2CCNCC2)ccc1S(=O)(=O)c1ccc(F)c(F)c1. The van der Waals surface area contributed by atoms with Gasteiger partial charge in [0.05, 0.1) is 15.5 Å². The van der Waals surface area contributed by atoms with Gasteiger partial charge in [-0.15, -0.1) is 0 Å². The van der Waals surface area contributed by atoms with Crippen LogP contribution in [0.15, 0.2) is 46.2 Å². The van der Waals surface area contributed by atoms with Crippen molar-refractivity contribution in [1.29, 1.82) is 0 Å². The molecule has 6 nitrogen and oxygen atoms in total. The number of carbonyl (C=O) groups is 1. The topological polar surface area (TPSA) is 78.5 Å². The predicted molar refractivity (Wildman–Crippen MR) is 107 cm³/mol. The Hall–Kier alpha value is -2.52. The third-order valence-corrected chi connectivity index (χ3v) is 6.50. The number of hydrogen-bond acceptors (Lipinski definition) is 5. The predicted octanol–water partition coefficient (Wildman–Crippen LogP) is 2.95. The molecule has 9 heteroatoms. The molecule has 0 unspecified atom stereocenters. The number of halogens is 2. The van der Waals surface area contributed by atoms with Gasteiger partial charge in [0.2, 0.25) is 15.7 Å². The highest BCUT2D eigenvalue weighted by atomic mass is 32.2. The van der Waals surface area contributed by atoms with Crippen LogP contribution in [0.5, 0.6) is 0 Å². The van der Waals surface area contributed by atoms with Crippen molar-refractivity contribution in [3.63, 3.8) is 0 Å². The largest absolute Gasteiger partial charge is 0.369 e. The van der Waals surface area contributed by atoms with Crippen LogP contribution in [-0.2, 0) is 14.6 Å². The Morgan fingerprint density at radius 1 is 1.10 bits per heavy atom. The van der Waals surface area contributed by atoms with Gasteiger partial charge in [0, 0.05) is 38.3 Å². The van der Waals surface area contributed by atoms with Gasteiger partial charge in [0.1, 0.15) is 0 Å². The molecule has 1 aliphatic rings. The van der Waals surface area contributed by atoms with E-state index in [0.29, 0.717) is 12.5 Å². The number of hydrogen-bond donors (Lipinski definition) is 2. The maximum Gasteiger partial charge on any atom is 0.224 e. The molecule has 1 saturated heterocycles. The van der Waals surface area contributed by atoms with E-state index in [0.717, 1.165) is 44.0 Å². The Morgan fingerprint density at radius 3 is 2.48 bits per heavy atom. The van der Waals surface area contributed by atoms with Crippen LogP contribution in [0.2, 0.25) is 0 Å². The Bertz CT molecular complexity index is 1010. The zero-order valence-corrected chi connectivity index (χ0v) is 16.9. The van der Waals surface area contributed by atoms with Gasteiger partial charge in [-0.3, -0.25) is 4.79 Å². The van der Waals surface area contributed by atoms with Crippen molar-refractivity contribution in [2.75, 3.05) is 36.4 Å². The number of carbonyl (C=O) groups excluding carboxylic acids is 1. The summed E-state index contributed by atoms with van der Waals surface area (Å²) in [4.78, 5) is 13.7. The van der Waals surface area contributed by atoms with Crippen molar-refractivity contribution >= 4 is 27.1 Å². The van der Waals surface area contributed by atoms with Gasteiger partial charge in [0.25, 0.3) is 0 Å². The number of anilines is 2. The number of amides is 1. The van der Waals surface area contributed by atoms with Gasteiger partial charge >= 0.3 is 0 Å². The molecule has 29 heavy (non-hydrogen) atoms. The molecule has 2 aromatic carbocycles. The molecule has 0 atom stereocenters. The Morgan fingerprint density at radius 2 is 1.83 bits per heavy atom. The van der Waals surface area contributed by atoms with Gasteiger partial charge in [-0.05, 0) is 42.8 Å². The summed E-state index contributed by atoms with van der Waals surface area (Å²) < 4.78 is 53.0. The molecule has 156 valence electrons. The summed E-state index contributed by atoms with van der Waals surface area (Å²) in [5, 5.41) is 5.91. The van der Waals surface area contributed by atoms with E-state index >= 15 is 0 Å². The fraction of sp³-hybridized carbons (Fsp3) is 0.350. The van der Waals surface area contributed by atoms with E-state index in [-0.39, 0.29) is 27.8 Å². The maximum atomic E-state index is 13.6. The highest BCUT2D eigenvalue weighted by molar-refractivity contribution is 7.91. The van der Waals surface area contributed by atoms with Crippen molar-refractivity contribution in [3.8, 4) is 0 Å². The van der Waals surface area contributed by atoms with Crippen LogP contribution >= 0.6 is 0 Å². The highest BCUT2D eigenvalue weighted by Gasteiger charge is 2.25. The standard InChI is InChI=1S/C20H23F2N3O3S/c1-2-3-20(26)24-18-12-14(25-10-8-23-9-11-25)4-7-19(18)29(27,28)15-5-6-16(21)17(22)13-15/h4-7,12-13,23H,2-3,8-11H2,1H3,(H,24,26). The zero-order chi connectivity index (χ0) is 21.0. The summed E-state index contributed by atoms with van der Waals surface area (Å²) >= 11 is 0. The molecule has 1 amide bonds. The van der Waals surface area contributed by atoms with Crippen LogP contribution in [-0.4, -0.2) is 40.5 Å². The molecule has 2 N–H and O–H groups in total. The van der Waals surface area contributed by atoms with Crippen molar-refractivity contribution in [1.82, 2.24) is 5.32 Å². The molecule has 0 aliphatic carbocycles. The fourth-order valence-electron chi connectivity index (χ4n) is 3.18. The van der Waals surface area contributed by atoms with Crippen LogP contribution in [0.1, 0.15) is 19.8 Å². The fourth-order valence-corrected chi connectivity index (χ4v) is 4.59. The number of nitrogens with one attached hydrogen (secondary N) is 2. The van der Waals surface area contributed by atoms with Crippen molar-refractivity contribution in [2.45, 2.75) is 29.6 Å². The second-order valence-corrected chi connectivity index (χ2v) is 8.71. The van der Waals surface area contributed by atoms with E-state index in [1.807, 2.05) is 6.92 Å². The van der Waals surface area contributed by atoms with Crippen molar-refractivity contribution in [3.05, 3.63) is 48.0 Å². The van der Waals surface area contributed by atoms with Gasteiger partial charge < -0.3 is 15.5 Å². The molecule has 2 aromatic rings. The van der Waals surface area contributed by atoms with Crippen LogP contribution in [0, 0.1) is 11.6 Å². The van der Waals surface area contributed by atoms with E-state index in [1.54, 1.807) is 12.1 Å². The quantitative estimate of drug-likeness (QED) is 0.699. The molecule has 3 rings (SSSR count). The van der Waals surface area contributed by atoms with E-state index in [1.165, 1.54) is 6.07 Å². The second-order valence-electron chi connectivity index (χ2n) is 6.80. The summed E-state index contributed by atoms with van der Waals surface area (Å²) in [6, 6.07) is 7.10. The average molecular weight is 423 g/mol. The Balaban J connectivity index is 2.05. The summed E-state index contributed by atoms with van der Waals surface area (Å²) in [6.45, 7) is 4.93. The zero-order valence-electron chi connectivity index (χ0n) is 16.0. The molecule has 1 heterocycles. The number of rotatable bonds is 6.